The molecule has 0 radical (unpaired) electrons. The minimum Gasteiger partial charge on any atom is -0.477 e. The van der Waals surface area contributed by atoms with Crippen LogP contribution in [0.3, 0.4) is 0 Å². The van der Waals surface area contributed by atoms with E-state index in [1.807, 2.05) is 30.2 Å². The van der Waals surface area contributed by atoms with Gasteiger partial charge in [0.05, 0.1) is 11.6 Å². The lowest BCUT2D eigenvalue weighted by atomic mass is 9.77. The molecule has 1 unspecified atom stereocenters. The van der Waals surface area contributed by atoms with E-state index in [0.717, 1.165) is 42.9 Å². The molecule has 2 saturated heterocycles. The van der Waals surface area contributed by atoms with Crippen molar-refractivity contribution < 1.29 is 9.53 Å². The minimum atomic E-state index is -0.280. The molecule has 2 fully saturated rings. The van der Waals surface area contributed by atoms with Gasteiger partial charge in [0.2, 0.25) is 11.8 Å². The van der Waals surface area contributed by atoms with Crippen LogP contribution in [0.5, 0.6) is 5.88 Å². The summed E-state index contributed by atoms with van der Waals surface area (Å²) in [7, 11) is 0. The molecule has 37 heavy (non-hydrogen) atoms. The van der Waals surface area contributed by atoms with Gasteiger partial charge in [0.25, 0.3) is 0 Å². The number of aryl methyl sites for hydroxylation is 1. The van der Waals surface area contributed by atoms with E-state index in [0.29, 0.717) is 35.6 Å². The molecule has 3 aromatic rings. The van der Waals surface area contributed by atoms with Crippen LogP contribution >= 0.6 is 23.2 Å². The smallest absolute Gasteiger partial charge is 0.225 e. The third kappa shape index (κ3) is 5.86. The van der Waals surface area contributed by atoms with Gasteiger partial charge in [-0.3, -0.25) is 4.79 Å². The Morgan fingerprint density at radius 1 is 1.00 bits per heavy atom. The van der Waals surface area contributed by atoms with Crippen molar-refractivity contribution in [2.75, 3.05) is 37.7 Å². The number of amides is 1. The van der Waals surface area contributed by atoms with Gasteiger partial charge in [-0.15, -0.1) is 0 Å². The molecule has 0 aliphatic carbocycles. The summed E-state index contributed by atoms with van der Waals surface area (Å²) < 4.78 is 6.12. The normalized spacial score (nSPS) is 22.3. The molecule has 0 saturated carbocycles. The minimum absolute atomic E-state index is 0.0220. The molecule has 2 aliphatic rings. The largest absolute Gasteiger partial charge is 0.477 e. The fraction of sp³-hybridized carbons (Fsp3) is 0.414. The molecule has 6 nitrogen and oxygen atoms in total. The first-order chi connectivity index (χ1) is 17.8. The number of benzene rings is 1. The molecule has 1 aromatic carbocycles. The fourth-order valence-electron chi connectivity index (χ4n) is 5.52. The lowest BCUT2D eigenvalue weighted by Gasteiger charge is -2.34. The first-order valence-corrected chi connectivity index (χ1v) is 13.5. The molecule has 194 valence electrons. The Hall–Kier alpha value is -2.83. The van der Waals surface area contributed by atoms with Crippen LogP contribution in [0.25, 0.3) is 0 Å². The highest BCUT2D eigenvalue weighted by molar-refractivity contribution is 6.30. The maximum atomic E-state index is 13.7. The van der Waals surface area contributed by atoms with Crippen LogP contribution in [0, 0.1) is 18.3 Å². The average molecular weight is 540 g/mol. The zero-order valence-corrected chi connectivity index (χ0v) is 22.8. The SMILES string of the molecule is Cc1ccc(N2CCC(C(=O)N3CC(c4ccc(Cl)cc4)[C@@](C)(COc4ccc(Cl)cn4)C3)CC2)nc1. The first-order valence-electron chi connectivity index (χ1n) is 12.8. The second-order valence-electron chi connectivity index (χ2n) is 10.5. The Balaban J connectivity index is 1.28. The summed E-state index contributed by atoms with van der Waals surface area (Å²) in [4.78, 5) is 26.9. The Kier molecular flexibility index (Phi) is 7.59. The van der Waals surface area contributed by atoms with E-state index in [1.54, 1.807) is 18.3 Å². The van der Waals surface area contributed by atoms with Crippen LogP contribution in [-0.2, 0) is 4.79 Å². The number of anilines is 1. The van der Waals surface area contributed by atoms with Crippen LogP contribution in [0.2, 0.25) is 10.0 Å². The van der Waals surface area contributed by atoms with Crippen molar-refractivity contribution in [3.8, 4) is 5.88 Å². The van der Waals surface area contributed by atoms with E-state index in [4.69, 9.17) is 27.9 Å². The van der Waals surface area contributed by atoms with Gasteiger partial charge in [-0.05, 0) is 55.2 Å². The molecule has 2 atom stereocenters. The molecule has 4 heterocycles. The van der Waals surface area contributed by atoms with E-state index in [2.05, 4.69) is 46.1 Å². The molecular weight excluding hydrogens is 507 g/mol. The summed E-state index contributed by atoms with van der Waals surface area (Å²) in [5.41, 5.74) is 2.03. The zero-order valence-electron chi connectivity index (χ0n) is 21.2. The number of rotatable bonds is 6. The number of ether oxygens (including phenoxy) is 1. The summed E-state index contributed by atoms with van der Waals surface area (Å²) in [6.45, 7) is 7.64. The van der Waals surface area contributed by atoms with Gasteiger partial charge in [-0.2, -0.15) is 0 Å². The Bertz CT molecular complexity index is 1210. The van der Waals surface area contributed by atoms with E-state index >= 15 is 0 Å². The molecule has 5 rings (SSSR count). The maximum absolute atomic E-state index is 13.7. The summed E-state index contributed by atoms with van der Waals surface area (Å²) in [5, 5.41) is 1.27. The van der Waals surface area contributed by atoms with Gasteiger partial charge in [0.15, 0.2) is 0 Å². The summed E-state index contributed by atoms with van der Waals surface area (Å²) in [6, 6.07) is 15.7. The Morgan fingerprint density at radius 3 is 2.38 bits per heavy atom. The number of hydrogen-bond donors (Lipinski definition) is 0. The third-order valence-electron chi connectivity index (χ3n) is 7.69. The topological polar surface area (TPSA) is 58.6 Å². The number of nitrogens with zero attached hydrogens (tertiary/aromatic N) is 4. The molecule has 1 amide bonds. The summed E-state index contributed by atoms with van der Waals surface area (Å²) >= 11 is 12.2. The molecule has 0 bridgehead atoms. The van der Waals surface area contributed by atoms with E-state index in [-0.39, 0.29) is 23.2 Å². The molecule has 8 heteroatoms. The molecule has 2 aromatic heterocycles. The van der Waals surface area contributed by atoms with Gasteiger partial charge >= 0.3 is 0 Å². The number of carbonyl (C=O) groups excluding carboxylic acids is 1. The van der Waals surface area contributed by atoms with Gasteiger partial charge in [0.1, 0.15) is 5.82 Å². The number of carbonyl (C=O) groups is 1. The Morgan fingerprint density at radius 2 is 1.73 bits per heavy atom. The van der Waals surface area contributed by atoms with Gasteiger partial charge in [-0.25, -0.2) is 9.97 Å². The van der Waals surface area contributed by atoms with Crippen molar-refractivity contribution in [3.63, 3.8) is 0 Å². The Labute approximate surface area is 228 Å². The van der Waals surface area contributed by atoms with E-state index in [9.17, 15) is 4.79 Å². The van der Waals surface area contributed by atoms with Crippen LogP contribution < -0.4 is 9.64 Å². The summed E-state index contributed by atoms with van der Waals surface area (Å²) in [6.07, 6.45) is 5.14. The maximum Gasteiger partial charge on any atom is 0.225 e. The number of halogens is 2. The van der Waals surface area contributed by atoms with Crippen LogP contribution in [0.1, 0.15) is 36.8 Å². The lowest BCUT2D eigenvalue weighted by molar-refractivity contribution is -0.135. The number of piperidine rings is 1. The van der Waals surface area contributed by atoms with Gasteiger partial charge in [-0.1, -0.05) is 48.3 Å². The number of aromatic nitrogens is 2. The standard InChI is InChI=1S/C29H32Cl2N4O2/c1-20-3-9-26(32-15-20)34-13-11-22(12-14-34)28(36)35-17-25(21-4-6-23(30)7-5-21)29(2,18-35)19-37-27-10-8-24(31)16-33-27/h3-10,15-16,22,25H,11-14,17-19H2,1-2H3/t25?,29-/m1/s1. The molecule has 2 aliphatic heterocycles. The second kappa shape index (κ2) is 10.9. The molecular formula is C29H32Cl2N4O2. The van der Waals surface area contributed by atoms with Crippen LogP contribution in [0.4, 0.5) is 5.82 Å². The van der Waals surface area contributed by atoms with Crippen molar-refractivity contribution in [1.29, 1.82) is 0 Å². The second-order valence-corrected chi connectivity index (χ2v) is 11.4. The predicted octanol–water partition coefficient (Wildman–Crippen LogP) is 6.02. The van der Waals surface area contributed by atoms with Crippen molar-refractivity contribution in [2.45, 2.75) is 32.6 Å². The molecule has 0 spiro atoms. The fourth-order valence-corrected chi connectivity index (χ4v) is 5.75. The van der Waals surface area contributed by atoms with Gasteiger partial charge in [0, 0.05) is 66.9 Å². The number of pyridine rings is 2. The van der Waals surface area contributed by atoms with E-state index in [1.165, 1.54) is 0 Å². The van der Waals surface area contributed by atoms with Crippen LogP contribution in [-0.4, -0.2) is 53.6 Å². The number of likely N-dealkylation sites (tertiary alicyclic amines) is 1. The average Bonchev–Trinajstić information content (AvgIpc) is 3.26. The first kappa shape index (κ1) is 25.8. The van der Waals surface area contributed by atoms with Crippen molar-refractivity contribution in [3.05, 3.63) is 82.1 Å². The monoisotopic (exact) mass is 538 g/mol. The quantitative estimate of drug-likeness (QED) is 0.384. The van der Waals surface area contributed by atoms with Crippen molar-refractivity contribution >= 4 is 34.9 Å². The zero-order chi connectivity index (χ0) is 26.0. The lowest BCUT2D eigenvalue weighted by Crippen LogP contribution is -2.43. The van der Waals surface area contributed by atoms with Crippen molar-refractivity contribution in [2.24, 2.45) is 11.3 Å². The highest BCUT2D eigenvalue weighted by Crippen LogP contribution is 2.44. The number of hydrogen-bond acceptors (Lipinski definition) is 5. The van der Waals surface area contributed by atoms with Crippen molar-refractivity contribution in [1.82, 2.24) is 14.9 Å². The van der Waals surface area contributed by atoms with E-state index < -0.39 is 0 Å². The van der Waals surface area contributed by atoms with Gasteiger partial charge < -0.3 is 14.5 Å². The molecule has 0 N–H and O–H groups in total. The van der Waals surface area contributed by atoms with Crippen LogP contribution in [0.15, 0.2) is 60.9 Å². The third-order valence-corrected chi connectivity index (χ3v) is 8.17. The predicted molar refractivity (Wildman–Crippen MR) is 148 cm³/mol. The summed E-state index contributed by atoms with van der Waals surface area (Å²) in [5.74, 6) is 1.90. The highest BCUT2D eigenvalue weighted by Gasteiger charge is 2.47. The highest BCUT2D eigenvalue weighted by atomic mass is 35.5.